The van der Waals surface area contributed by atoms with Crippen molar-refractivity contribution in [3.8, 4) is 0 Å². The second kappa shape index (κ2) is 6.04. The molecule has 0 spiro atoms. The van der Waals surface area contributed by atoms with Gasteiger partial charge in [-0.1, -0.05) is 12.1 Å². The summed E-state index contributed by atoms with van der Waals surface area (Å²) in [6.45, 7) is 5.14. The maximum atomic E-state index is 11.3. The van der Waals surface area contributed by atoms with Crippen molar-refractivity contribution >= 4 is 17.3 Å². The first kappa shape index (κ1) is 13.8. The van der Waals surface area contributed by atoms with Gasteiger partial charge in [0.2, 0.25) is 5.91 Å². The minimum atomic E-state index is -0.510. The first-order chi connectivity index (χ1) is 9.10. The molecule has 5 nitrogen and oxygen atoms in total. The van der Waals surface area contributed by atoms with E-state index in [1.54, 1.807) is 0 Å². The molecule has 1 saturated heterocycles. The third-order valence-electron chi connectivity index (χ3n) is 3.08. The molecule has 1 fully saturated rings. The quantitative estimate of drug-likeness (QED) is 0.862. The van der Waals surface area contributed by atoms with E-state index >= 15 is 0 Å². The van der Waals surface area contributed by atoms with Gasteiger partial charge in [-0.15, -0.1) is 0 Å². The molecule has 2 unspecified atom stereocenters. The number of para-hydroxylation sites is 2. The molecular formula is C14H20N2O3. The van der Waals surface area contributed by atoms with Crippen LogP contribution in [0.15, 0.2) is 24.3 Å². The summed E-state index contributed by atoms with van der Waals surface area (Å²) in [5.74, 6) is -0.401. The number of carbonyl (C=O) groups excluding carboxylic acids is 1. The minimum Gasteiger partial charge on any atom is -0.387 e. The van der Waals surface area contributed by atoms with E-state index in [1.807, 2.05) is 38.1 Å². The summed E-state index contributed by atoms with van der Waals surface area (Å²) < 4.78 is 5.71. The van der Waals surface area contributed by atoms with E-state index in [0.717, 1.165) is 24.5 Å². The number of benzene rings is 1. The van der Waals surface area contributed by atoms with Gasteiger partial charge < -0.3 is 20.1 Å². The van der Waals surface area contributed by atoms with E-state index in [-0.39, 0.29) is 12.2 Å². The van der Waals surface area contributed by atoms with Crippen molar-refractivity contribution in [1.82, 2.24) is 0 Å². The normalized spacial score (nSPS) is 23.2. The van der Waals surface area contributed by atoms with Crippen molar-refractivity contribution in [2.45, 2.75) is 26.1 Å². The Morgan fingerprint density at radius 1 is 1.37 bits per heavy atom. The fourth-order valence-corrected chi connectivity index (χ4v) is 2.42. The summed E-state index contributed by atoms with van der Waals surface area (Å²) in [6, 6.07) is 7.62. The van der Waals surface area contributed by atoms with Crippen molar-refractivity contribution in [1.29, 1.82) is 0 Å². The molecule has 2 atom stereocenters. The molecule has 1 aliphatic rings. The molecule has 1 heterocycles. The topological polar surface area (TPSA) is 61.8 Å². The molecule has 1 amide bonds. The van der Waals surface area contributed by atoms with Crippen LogP contribution in [0.1, 0.15) is 13.8 Å². The molecular weight excluding hydrogens is 244 g/mol. The molecule has 1 aromatic carbocycles. The molecule has 0 aliphatic carbocycles. The van der Waals surface area contributed by atoms with Crippen molar-refractivity contribution in [2.24, 2.45) is 0 Å². The molecule has 0 saturated carbocycles. The number of rotatable bonds is 3. The monoisotopic (exact) mass is 264 g/mol. The van der Waals surface area contributed by atoms with Crippen LogP contribution >= 0.6 is 0 Å². The van der Waals surface area contributed by atoms with Crippen molar-refractivity contribution in [2.75, 3.05) is 29.9 Å². The van der Waals surface area contributed by atoms with Gasteiger partial charge in [0.05, 0.1) is 23.6 Å². The molecule has 1 aromatic rings. The molecule has 104 valence electrons. The Bertz CT molecular complexity index is 440. The predicted molar refractivity (Wildman–Crippen MR) is 74.4 cm³/mol. The summed E-state index contributed by atoms with van der Waals surface area (Å²) in [5.41, 5.74) is 1.69. The van der Waals surface area contributed by atoms with Crippen LogP contribution in [0.4, 0.5) is 11.4 Å². The standard InChI is InChI=1S/C14H20N2O3/c1-10-7-16(8-11(2)19-10)13-6-4-3-5-12(13)15-14(18)9-17/h3-6,10-11,17H,7-9H2,1-2H3,(H,15,18). The van der Waals surface area contributed by atoms with Crippen molar-refractivity contribution < 1.29 is 14.6 Å². The van der Waals surface area contributed by atoms with Gasteiger partial charge in [0, 0.05) is 13.1 Å². The van der Waals surface area contributed by atoms with Crippen LogP contribution < -0.4 is 10.2 Å². The number of aliphatic hydroxyl groups excluding tert-OH is 1. The third kappa shape index (κ3) is 3.45. The second-order valence-corrected chi connectivity index (χ2v) is 4.89. The number of nitrogens with zero attached hydrogens (tertiary/aromatic N) is 1. The van der Waals surface area contributed by atoms with Crippen LogP contribution in [0.5, 0.6) is 0 Å². The summed E-state index contributed by atoms with van der Waals surface area (Å²) in [6.07, 6.45) is 0.315. The van der Waals surface area contributed by atoms with Crippen LogP contribution in [-0.2, 0) is 9.53 Å². The first-order valence-electron chi connectivity index (χ1n) is 6.50. The number of morpholine rings is 1. The molecule has 5 heteroatoms. The SMILES string of the molecule is CC1CN(c2ccccc2NC(=O)CO)CC(C)O1. The minimum absolute atomic E-state index is 0.158. The smallest absolute Gasteiger partial charge is 0.250 e. The zero-order valence-corrected chi connectivity index (χ0v) is 11.3. The maximum absolute atomic E-state index is 11.3. The van der Waals surface area contributed by atoms with Gasteiger partial charge in [-0.2, -0.15) is 0 Å². The van der Waals surface area contributed by atoms with Crippen molar-refractivity contribution in [3.63, 3.8) is 0 Å². The summed E-state index contributed by atoms with van der Waals surface area (Å²) in [7, 11) is 0. The molecule has 1 aliphatic heterocycles. The van der Waals surface area contributed by atoms with Gasteiger partial charge >= 0.3 is 0 Å². The number of amides is 1. The van der Waals surface area contributed by atoms with Crippen molar-refractivity contribution in [3.05, 3.63) is 24.3 Å². The fraction of sp³-hybridized carbons (Fsp3) is 0.500. The predicted octanol–water partition coefficient (Wildman–Crippen LogP) is 1.23. The summed E-state index contributed by atoms with van der Waals surface area (Å²) in [4.78, 5) is 13.5. The zero-order chi connectivity index (χ0) is 13.8. The number of hydrogen-bond donors (Lipinski definition) is 2. The molecule has 0 aromatic heterocycles. The van der Waals surface area contributed by atoms with Gasteiger partial charge in [0.15, 0.2) is 0 Å². The molecule has 2 rings (SSSR count). The first-order valence-corrected chi connectivity index (χ1v) is 6.50. The Labute approximate surface area is 113 Å². The summed E-state index contributed by atoms with van der Waals surface area (Å²) >= 11 is 0. The Morgan fingerprint density at radius 2 is 2.00 bits per heavy atom. The number of aliphatic hydroxyl groups is 1. The lowest BCUT2D eigenvalue weighted by Crippen LogP contribution is -2.45. The van der Waals surface area contributed by atoms with Crippen LogP contribution in [0, 0.1) is 0 Å². The Hall–Kier alpha value is -1.59. The van der Waals surface area contributed by atoms with Gasteiger partial charge in [0.25, 0.3) is 0 Å². The molecule has 2 N–H and O–H groups in total. The molecule has 0 radical (unpaired) electrons. The van der Waals surface area contributed by atoms with E-state index in [2.05, 4.69) is 10.2 Å². The third-order valence-corrected chi connectivity index (χ3v) is 3.08. The highest BCUT2D eigenvalue weighted by Gasteiger charge is 2.24. The van der Waals surface area contributed by atoms with Gasteiger partial charge in [0.1, 0.15) is 6.61 Å². The van der Waals surface area contributed by atoms with Gasteiger partial charge in [-0.3, -0.25) is 4.79 Å². The lowest BCUT2D eigenvalue weighted by Gasteiger charge is -2.37. The number of nitrogens with one attached hydrogen (secondary N) is 1. The fourth-order valence-electron chi connectivity index (χ4n) is 2.42. The largest absolute Gasteiger partial charge is 0.387 e. The molecule has 0 bridgehead atoms. The van der Waals surface area contributed by atoms with Crippen LogP contribution in [-0.4, -0.2) is 42.9 Å². The van der Waals surface area contributed by atoms with E-state index in [1.165, 1.54) is 0 Å². The highest BCUT2D eigenvalue weighted by molar-refractivity contribution is 5.95. The van der Waals surface area contributed by atoms with Crippen LogP contribution in [0.25, 0.3) is 0 Å². The van der Waals surface area contributed by atoms with Gasteiger partial charge in [-0.05, 0) is 26.0 Å². The highest BCUT2D eigenvalue weighted by Crippen LogP contribution is 2.28. The van der Waals surface area contributed by atoms with Crippen LogP contribution in [0.2, 0.25) is 0 Å². The number of hydrogen-bond acceptors (Lipinski definition) is 4. The number of anilines is 2. The lowest BCUT2D eigenvalue weighted by molar-refractivity contribution is -0.118. The Kier molecular flexibility index (Phi) is 4.39. The Morgan fingerprint density at radius 3 is 2.63 bits per heavy atom. The average Bonchev–Trinajstić information content (AvgIpc) is 2.38. The van der Waals surface area contributed by atoms with E-state index in [9.17, 15) is 4.79 Å². The van der Waals surface area contributed by atoms with E-state index in [4.69, 9.17) is 9.84 Å². The lowest BCUT2D eigenvalue weighted by atomic mass is 10.1. The highest BCUT2D eigenvalue weighted by atomic mass is 16.5. The number of ether oxygens (including phenoxy) is 1. The average molecular weight is 264 g/mol. The van der Waals surface area contributed by atoms with Gasteiger partial charge in [-0.25, -0.2) is 0 Å². The molecule has 19 heavy (non-hydrogen) atoms. The Balaban J connectivity index is 2.21. The second-order valence-electron chi connectivity index (χ2n) is 4.89. The number of carbonyl (C=O) groups is 1. The summed E-state index contributed by atoms with van der Waals surface area (Å²) in [5, 5.41) is 11.6. The zero-order valence-electron chi connectivity index (χ0n) is 11.3. The maximum Gasteiger partial charge on any atom is 0.250 e. The van der Waals surface area contributed by atoms with E-state index < -0.39 is 12.5 Å². The van der Waals surface area contributed by atoms with Crippen LogP contribution in [0.3, 0.4) is 0 Å². The van der Waals surface area contributed by atoms with E-state index in [0.29, 0.717) is 0 Å².